The standard InChI is InChI=1S/C10H18N2O3/c1-3-4-7(9(13)14)11-10(15)12-8-5-6(8)2/h6-8H,3-5H2,1-2H3,(H,13,14)(H2,11,12,15). The van der Waals surface area contributed by atoms with Crippen LogP contribution in [0.4, 0.5) is 4.79 Å². The Kier molecular flexibility index (Phi) is 3.94. The van der Waals surface area contributed by atoms with Crippen molar-refractivity contribution in [1.82, 2.24) is 10.6 Å². The lowest BCUT2D eigenvalue weighted by Gasteiger charge is -2.14. The number of carboxylic acid groups (broad SMARTS) is 1. The zero-order valence-corrected chi connectivity index (χ0v) is 9.12. The first-order chi connectivity index (χ1) is 7.04. The predicted octanol–water partition coefficient (Wildman–Crippen LogP) is 0.947. The summed E-state index contributed by atoms with van der Waals surface area (Å²) in [5.41, 5.74) is 0. The van der Waals surface area contributed by atoms with Gasteiger partial charge in [-0.15, -0.1) is 0 Å². The smallest absolute Gasteiger partial charge is 0.326 e. The average molecular weight is 214 g/mol. The Morgan fingerprint density at radius 1 is 1.53 bits per heavy atom. The summed E-state index contributed by atoms with van der Waals surface area (Å²) in [4.78, 5) is 22.1. The number of carbonyl (C=O) groups excluding carboxylic acids is 1. The number of rotatable bonds is 5. The maximum atomic E-state index is 11.3. The minimum absolute atomic E-state index is 0.223. The first-order valence-corrected chi connectivity index (χ1v) is 5.34. The second-order valence-electron chi connectivity index (χ2n) is 4.12. The molecule has 0 aromatic rings. The molecule has 0 bridgehead atoms. The molecule has 5 heteroatoms. The topological polar surface area (TPSA) is 78.4 Å². The molecule has 5 nitrogen and oxygen atoms in total. The third kappa shape index (κ3) is 3.77. The van der Waals surface area contributed by atoms with Gasteiger partial charge in [-0.25, -0.2) is 9.59 Å². The molecule has 0 aliphatic heterocycles. The van der Waals surface area contributed by atoms with E-state index >= 15 is 0 Å². The van der Waals surface area contributed by atoms with Crippen LogP contribution in [0.2, 0.25) is 0 Å². The molecule has 3 N–H and O–H groups in total. The number of hydrogen-bond donors (Lipinski definition) is 3. The average Bonchev–Trinajstić information content (AvgIpc) is 2.80. The summed E-state index contributed by atoms with van der Waals surface area (Å²) in [7, 11) is 0. The highest BCUT2D eigenvalue weighted by atomic mass is 16.4. The lowest BCUT2D eigenvalue weighted by Crippen LogP contribution is -2.46. The van der Waals surface area contributed by atoms with Crippen molar-refractivity contribution >= 4 is 12.0 Å². The quantitative estimate of drug-likeness (QED) is 0.637. The molecule has 0 saturated heterocycles. The first kappa shape index (κ1) is 11.8. The molecular formula is C10H18N2O3. The number of amides is 2. The lowest BCUT2D eigenvalue weighted by atomic mass is 10.2. The molecule has 0 heterocycles. The molecule has 1 fully saturated rings. The molecule has 15 heavy (non-hydrogen) atoms. The largest absolute Gasteiger partial charge is 0.480 e. The van der Waals surface area contributed by atoms with Crippen molar-refractivity contribution in [2.75, 3.05) is 0 Å². The van der Waals surface area contributed by atoms with Crippen molar-refractivity contribution in [3.05, 3.63) is 0 Å². The maximum absolute atomic E-state index is 11.3. The van der Waals surface area contributed by atoms with E-state index in [0.29, 0.717) is 12.3 Å². The van der Waals surface area contributed by atoms with Crippen molar-refractivity contribution in [3.8, 4) is 0 Å². The van der Waals surface area contributed by atoms with Crippen LogP contribution in [0.15, 0.2) is 0 Å². The van der Waals surface area contributed by atoms with Crippen LogP contribution in [0.3, 0.4) is 0 Å². The van der Waals surface area contributed by atoms with E-state index in [0.717, 1.165) is 12.8 Å². The van der Waals surface area contributed by atoms with E-state index in [4.69, 9.17) is 5.11 Å². The molecule has 0 aromatic heterocycles. The monoisotopic (exact) mass is 214 g/mol. The van der Waals surface area contributed by atoms with Gasteiger partial charge in [0.15, 0.2) is 0 Å². The number of carboxylic acids is 1. The fraction of sp³-hybridized carbons (Fsp3) is 0.800. The molecule has 1 aliphatic rings. The van der Waals surface area contributed by atoms with Gasteiger partial charge in [-0.3, -0.25) is 0 Å². The molecule has 1 rings (SSSR count). The van der Waals surface area contributed by atoms with E-state index < -0.39 is 12.0 Å². The van der Waals surface area contributed by atoms with Gasteiger partial charge in [0.25, 0.3) is 0 Å². The van der Waals surface area contributed by atoms with Crippen molar-refractivity contribution in [3.63, 3.8) is 0 Å². The fourth-order valence-electron chi connectivity index (χ4n) is 1.44. The van der Waals surface area contributed by atoms with Gasteiger partial charge >= 0.3 is 12.0 Å². The molecule has 3 atom stereocenters. The van der Waals surface area contributed by atoms with Gasteiger partial charge in [0.05, 0.1) is 0 Å². The van der Waals surface area contributed by atoms with Crippen LogP contribution in [0.1, 0.15) is 33.1 Å². The molecule has 86 valence electrons. The zero-order valence-electron chi connectivity index (χ0n) is 9.12. The van der Waals surface area contributed by atoms with Crippen LogP contribution in [-0.2, 0) is 4.79 Å². The number of nitrogens with one attached hydrogen (secondary N) is 2. The summed E-state index contributed by atoms with van der Waals surface area (Å²) < 4.78 is 0. The second kappa shape index (κ2) is 5.00. The van der Waals surface area contributed by atoms with E-state index in [1.54, 1.807) is 0 Å². The van der Waals surface area contributed by atoms with Crippen molar-refractivity contribution < 1.29 is 14.7 Å². The molecule has 0 spiro atoms. The van der Waals surface area contributed by atoms with E-state index in [2.05, 4.69) is 10.6 Å². The summed E-state index contributed by atoms with van der Waals surface area (Å²) in [6, 6.07) is -0.921. The van der Waals surface area contributed by atoms with Crippen LogP contribution >= 0.6 is 0 Å². The summed E-state index contributed by atoms with van der Waals surface area (Å²) in [6.45, 7) is 3.93. The maximum Gasteiger partial charge on any atom is 0.326 e. The molecule has 1 saturated carbocycles. The van der Waals surface area contributed by atoms with Crippen LogP contribution in [0, 0.1) is 5.92 Å². The third-order valence-corrected chi connectivity index (χ3v) is 2.61. The van der Waals surface area contributed by atoms with Gasteiger partial charge in [-0.2, -0.15) is 0 Å². The summed E-state index contributed by atoms with van der Waals surface area (Å²) in [6.07, 6.45) is 2.18. The van der Waals surface area contributed by atoms with E-state index in [-0.39, 0.29) is 12.1 Å². The molecule has 3 unspecified atom stereocenters. The first-order valence-electron chi connectivity index (χ1n) is 5.34. The Morgan fingerprint density at radius 2 is 2.13 bits per heavy atom. The van der Waals surface area contributed by atoms with Crippen molar-refractivity contribution in [2.45, 2.75) is 45.2 Å². The highest BCUT2D eigenvalue weighted by Crippen LogP contribution is 2.28. The van der Waals surface area contributed by atoms with Crippen LogP contribution < -0.4 is 10.6 Å². The van der Waals surface area contributed by atoms with Crippen molar-refractivity contribution in [1.29, 1.82) is 0 Å². The van der Waals surface area contributed by atoms with Gasteiger partial charge < -0.3 is 15.7 Å². The Hall–Kier alpha value is -1.26. The predicted molar refractivity (Wildman–Crippen MR) is 55.6 cm³/mol. The Labute approximate surface area is 89.2 Å². The third-order valence-electron chi connectivity index (χ3n) is 2.61. The molecule has 0 aromatic carbocycles. The van der Waals surface area contributed by atoms with E-state index in [9.17, 15) is 9.59 Å². The summed E-state index contributed by atoms with van der Waals surface area (Å²) in [5, 5.41) is 14.0. The lowest BCUT2D eigenvalue weighted by molar-refractivity contribution is -0.139. The number of aliphatic carboxylic acids is 1. The Bertz CT molecular complexity index is 255. The number of hydrogen-bond acceptors (Lipinski definition) is 2. The molecule has 0 radical (unpaired) electrons. The van der Waals surface area contributed by atoms with E-state index in [1.807, 2.05) is 13.8 Å². The second-order valence-corrected chi connectivity index (χ2v) is 4.12. The van der Waals surface area contributed by atoms with Crippen molar-refractivity contribution in [2.24, 2.45) is 5.92 Å². The summed E-state index contributed by atoms with van der Waals surface area (Å²) in [5.74, 6) is -0.457. The summed E-state index contributed by atoms with van der Waals surface area (Å²) >= 11 is 0. The molecule has 1 aliphatic carbocycles. The van der Waals surface area contributed by atoms with Crippen LogP contribution in [0.5, 0.6) is 0 Å². The fourth-order valence-corrected chi connectivity index (χ4v) is 1.44. The van der Waals surface area contributed by atoms with Gasteiger partial charge in [0, 0.05) is 6.04 Å². The van der Waals surface area contributed by atoms with Crippen LogP contribution in [0.25, 0.3) is 0 Å². The highest BCUT2D eigenvalue weighted by molar-refractivity contribution is 5.82. The van der Waals surface area contributed by atoms with Gasteiger partial charge in [0.1, 0.15) is 6.04 Å². The zero-order chi connectivity index (χ0) is 11.4. The van der Waals surface area contributed by atoms with Gasteiger partial charge in [0.2, 0.25) is 0 Å². The molecule has 2 amide bonds. The van der Waals surface area contributed by atoms with E-state index in [1.165, 1.54) is 0 Å². The molecular weight excluding hydrogens is 196 g/mol. The minimum atomic E-state index is -0.976. The van der Waals surface area contributed by atoms with Gasteiger partial charge in [-0.1, -0.05) is 20.3 Å². The Morgan fingerprint density at radius 3 is 2.53 bits per heavy atom. The minimum Gasteiger partial charge on any atom is -0.480 e. The Balaban J connectivity index is 2.30. The number of urea groups is 1. The SMILES string of the molecule is CCCC(NC(=O)NC1CC1C)C(=O)O. The normalized spacial score (nSPS) is 25.5. The van der Waals surface area contributed by atoms with Gasteiger partial charge in [-0.05, 0) is 18.8 Å². The van der Waals surface area contributed by atoms with Crippen LogP contribution in [-0.4, -0.2) is 29.2 Å². The highest BCUT2D eigenvalue weighted by Gasteiger charge is 2.34. The number of carbonyl (C=O) groups is 2.